The normalized spacial score (nSPS) is 23.4. The number of imide groups is 1. The molecule has 2 amide bonds. The highest BCUT2D eigenvalue weighted by Crippen LogP contribution is 2.45. The number of aliphatic hydroxyl groups is 1. The third-order valence-electron chi connectivity index (χ3n) is 6.47. The topological polar surface area (TPSA) is 107 Å². The second-order valence-electron chi connectivity index (χ2n) is 8.11. The van der Waals surface area contributed by atoms with Crippen LogP contribution in [0.15, 0.2) is 48.8 Å². The van der Waals surface area contributed by atoms with E-state index in [4.69, 9.17) is 0 Å². The molecule has 3 atom stereocenters. The van der Waals surface area contributed by atoms with Gasteiger partial charge in [-0.25, -0.2) is 0 Å². The number of aryl methyl sites for hydroxylation is 1. The molecule has 1 saturated heterocycles. The average Bonchev–Trinajstić information content (AvgIpc) is 3.38. The van der Waals surface area contributed by atoms with Gasteiger partial charge in [0.1, 0.15) is 5.75 Å². The van der Waals surface area contributed by atoms with E-state index in [1.165, 1.54) is 0 Å². The average molecular weight is 401 g/mol. The zero-order valence-corrected chi connectivity index (χ0v) is 15.9. The predicted molar refractivity (Wildman–Crippen MR) is 110 cm³/mol. The third-order valence-corrected chi connectivity index (χ3v) is 6.47. The van der Waals surface area contributed by atoms with Crippen molar-refractivity contribution >= 4 is 33.6 Å². The molecule has 0 saturated carbocycles. The van der Waals surface area contributed by atoms with Crippen LogP contribution in [0.4, 0.5) is 0 Å². The first-order chi connectivity index (χ1) is 14.5. The summed E-state index contributed by atoms with van der Waals surface area (Å²) in [7, 11) is 0. The number of aromatic amines is 1. The number of nitrogens with one attached hydrogen (secondary N) is 2. The van der Waals surface area contributed by atoms with E-state index in [1.54, 1.807) is 24.4 Å². The minimum atomic E-state index is -0.677. The van der Waals surface area contributed by atoms with Gasteiger partial charge < -0.3 is 19.8 Å². The number of phenols is 1. The molecule has 2 aromatic carbocycles. The molecule has 30 heavy (non-hydrogen) atoms. The van der Waals surface area contributed by atoms with Crippen molar-refractivity contribution in [1.29, 1.82) is 0 Å². The Hall–Kier alpha value is -3.58. The first kappa shape index (κ1) is 17.3. The lowest BCUT2D eigenvalue weighted by Gasteiger charge is -2.20. The number of phenolic OH excluding ortho intramolecular Hbond substituents is 1. The Morgan fingerprint density at radius 1 is 0.967 bits per heavy atom. The Balaban J connectivity index is 1.57. The van der Waals surface area contributed by atoms with Gasteiger partial charge in [0, 0.05) is 46.9 Å². The molecule has 2 aliphatic rings. The van der Waals surface area contributed by atoms with Gasteiger partial charge in [0.2, 0.25) is 11.8 Å². The highest BCUT2D eigenvalue weighted by atomic mass is 16.3. The van der Waals surface area contributed by atoms with Crippen LogP contribution in [0.1, 0.15) is 41.1 Å². The van der Waals surface area contributed by atoms with E-state index in [0.29, 0.717) is 18.5 Å². The van der Waals surface area contributed by atoms with E-state index >= 15 is 0 Å². The summed E-state index contributed by atoms with van der Waals surface area (Å²) >= 11 is 0. The van der Waals surface area contributed by atoms with Crippen molar-refractivity contribution in [1.82, 2.24) is 14.9 Å². The van der Waals surface area contributed by atoms with Crippen LogP contribution in [0.3, 0.4) is 0 Å². The standard InChI is InChI=1S/C23H19N3O4/c27-11-4-5-12-15(9-24-17(12)8-11)19-20(23(30)25-22(19)29)16-10-26-7-6-18(28)14-3-1-2-13(16)21(14)26/h1-5,8-10,18-20,24,27-28H,6-7H2,(H,25,29,30)/t18?,19-,20-/m0/s1. The van der Waals surface area contributed by atoms with Crippen molar-refractivity contribution in [3.63, 3.8) is 0 Å². The van der Waals surface area contributed by atoms with Crippen LogP contribution in [-0.2, 0) is 16.1 Å². The summed E-state index contributed by atoms with van der Waals surface area (Å²) in [5.74, 6) is -1.86. The minimum Gasteiger partial charge on any atom is -0.508 e. The number of hydrogen-bond donors (Lipinski definition) is 4. The lowest BCUT2D eigenvalue weighted by Crippen LogP contribution is -2.21. The van der Waals surface area contributed by atoms with Gasteiger partial charge in [0.15, 0.2) is 0 Å². The number of benzene rings is 2. The summed E-state index contributed by atoms with van der Waals surface area (Å²) in [5, 5.41) is 24.4. The lowest BCUT2D eigenvalue weighted by molar-refractivity contribution is -0.125. The number of aromatic hydroxyl groups is 1. The lowest BCUT2D eigenvalue weighted by atomic mass is 9.82. The van der Waals surface area contributed by atoms with E-state index in [1.807, 2.05) is 24.4 Å². The maximum atomic E-state index is 12.9. The molecule has 2 aliphatic heterocycles. The van der Waals surface area contributed by atoms with E-state index < -0.39 is 17.9 Å². The summed E-state index contributed by atoms with van der Waals surface area (Å²) in [5.41, 5.74) is 4.02. The van der Waals surface area contributed by atoms with Gasteiger partial charge in [-0.15, -0.1) is 0 Å². The number of amides is 2. The van der Waals surface area contributed by atoms with E-state index in [9.17, 15) is 19.8 Å². The smallest absolute Gasteiger partial charge is 0.235 e. The Labute approximate surface area is 170 Å². The van der Waals surface area contributed by atoms with Gasteiger partial charge in [0.05, 0.1) is 23.5 Å². The van der Waals surface area contributed by atoms with Crippen molar-refractivity contribution in [2.45, 2.75) is 30.9 Å². The second kappa shape index (κ2) is 5.96. The van der Waals surface area contributed by atoms with Gasteiger partial charge >= 0.3 is 0 Å². The fourth-order valence-corrected chi connectivity index (χ4v) is 5.14. The molecule has 0 bridgehead atoms. The monoisotopic (exact) mass is 401 g/mol. The van der Waals surface area contributed by atoms with Crippen LogP contribution < -0.4 is 5.32 Å². The van der Waals surface area contributed by atoms with Crippen LogP contribution in [0.5, 0.6) is 5.75 Å². The maximum absolute atomic E-state index is 12.9. The van der Waals surface area contributed by atoms with Crippen molar-refractivity contribution < 1.29 is 19.8 Å². The molecule has 0 spiro atoms. The molecule has 2 aromatic heterocycles. The fraction of sp³-hybridized carbons (Fsp3) is 0.217. The molecule has 6 rings (SSSR count). The molecule has 150 valence electrons. The maximum Gasteiger partial charge on any atom is 0.235 e. The highest BCUT2D eigenvalue weighted by Gasteiger charge is 2.46. The SMILES string of the molecule is O=C1NC(=O)[C@@H](c2cn3c4c(cccc24)C(O)CC3)[C@@H]1c1c[nH]c2cc(O)ccc12. The van der Waals surface area contributed by atoms with Crippen LogP contribution in [0.25, 0.3) is 21.8 Å². The molecule has 0 aliphatic carbocycles. The Morgan fingerprint density at radius 2 is 1.77 bits per heavy atom. The number of aromatic nitrogens is 2. The first-order valence-electron chi connectivity index (χ1n) is 9.97. The number of carbonyl (C=O) groups excluding carboxylic acids is 2. The summed E-state index contributed by atoms with van der Waals surface area (Å²) in [4.78, 5) is 28.9. The van der Waals surface area contributed by atoms with Crippen LogP contribution in [0.2, 0.25) is 0 Å². The Kier molecular flexibility index (Phi) is 3.44. The molecular formula is C23H19N3O4. The van der Waals surface area contributed by atoms with Gasteiger partial charge in [-0.3, -0.25) is 14.9 Å². The van der Waals surface area contributed by atoms with Gasteiger partial charge in [-0.1, -0.05) is 18.2 Å². The first-order valence-corrected chi connectivity index (χ1v) is 9.97. The number of hydrogen-bond acceptors (Lipinski definition) is 4. The van der Waals surface area contributed by atoms with Crippen LogP contribution in [-0.4, -0.2) is 31.6 Å². The highest BCUT2D eigenvalue weighted by molar-refractivity contribution is 6.13. The zero-order valence-electron chi connectivity index (χ0n) is 15.9. The molecule has 4 heterocycles. The Morgan fingerprint density at radius 3 is 2.60 bits per heavy atom. The van der Waals surface area contributed by atoms with E-state index in [2.05, 4.69) is 14.9 Å². The summed E-state index contributed by atoms with van der Waals surface area (Å²) in [6.07, 6.45) is 3.79. The number of nitrogens with zero attached hydrogens (tertiary/aromatic N) is 1. The van der Waals surface area contributed by atoms with Crippen molar-refractivity contribution in [2.24, 2.45) is 0 Å². The fourth-order valence-electron chi connectivity index (χ4n) is 5.14. The molecule has 7 heteroatoms. The van der Waals surface area contributed by atoms with Gasteiger partial charge in [-0.05, 0) is 29.7 Å². The van der Waals surface area contributed by atoms with Crippen LogP contribution >= 0.6 is 0 Å². The molecular weight excluding hydrogens is 382 g/mol. The van der Waals surface area contributed by atoms with E-state index in [-0.39, 0.29) is 17.6 Å². The van der Waals surface area contributed by atoms with Gasteiger partial charge in [0.25, 0.3) is 0 Å². The van der Waals surface area contributed by atoms with E-state index in [0.717, 1.165) is 33.0 Å². The molecule has 0 radical (unpaired) electrons. The summed E-state index contributed by atoms with van der Waals surface area (Å²) in [6, 6.07) is 10.7. The van der Waals surface area contributed by atoms with Crippen LogP contribution in [0, 0.1) is 0 Å². The molecule has 4 aromatic rings. The largest absolute Gasteiger partial charge is 0.508 e. The Bertz CT molecular complexity index is 1370. The number of H-pyrrole nitrogens is 1. The predicted octanol–water partition coefficient (Wildman–Crippen LogP) is 2.79. The summed E-state index contributed by atoms with van der Waals surface area (Å²) in [6.45, 7) is 0.661. The molecule has 1 fully saturated rings. The second-order valence-corrected chi connectivity index (χ2v) is 8.11. The third kappa shape index (κ3) is 2.23. The van der Waals surface area contributed by atoms with Crippen molar-refractivity contribution in [3.8, 4) is 5.75 Å². The number of para-hydroxylation sites is 1. The van der Waals surface area contributed by atoms with Crippen molar-refractivity contribution in [3.05, 3.63) is 65.5 Å². The summed E-state index contributed by atoms with van der Waals surface area (Å²) < 4.78 is 2.08. The zero-order chi connectivity index (χ0) is 20.6. The molecule has 1 unspecified atom stereocenters. The number of carbonyl (C=O) groups is 2. The van der Waals surface area contributed by atoms with Gasteiger partial charge in [-0.2, -0.15) is 0 Å². The quantitative estimate of drug-likeness (QED) is 0.388. The number of aliphatic hydroxyl groups excluding tert-OH is 1. The van der Waals surface area contributed by atoms with Crippen molar-refractivity contribution in [2.75, 3.05) is 0 Å². The number of rotatable bonds is 2. The molecule has 4 N–H and O–H groups in total. The number of fused-ring (bicyclic) bond motifs is 1. The minimum absolute atomic E-state index is 0.131. The molecule has 7 nitrogen and oxygen atoms in total.